The van der Waals surface area contributed by atoms with E-state index in [0.717, 1.165) is 12.2 Å². The minimum atomic E-state index is -0.129. The third kappa shape index (κ3) is 8.12. The van der Waals surface area contributed by atoms with E-state index in [1.807, 2.05) is 13.8 Å². The van der Waals surface area contributed by atoms with Crippen molar-refractivity contribution in [2.45, 2.75) is 26.4 Å². The van der Waals surface area contributed by atoms with Crippen LogP contribution < -0.4 is 0 Å². The zero-order chi connectivity index (χ0) is 10.1. The molecular formula is C9H18O3S. The normalized spacial score (nSPS) is 12.5. The minimum Gasteiger partial charge on any atom is -0.465 e. The fourth-order valence-corrected chi connectivity index (χ4v) is 1.14. The summed E-state index contributed by atoms with van der Waals surface area (Å²) in [6.45, 7) is 4.43. The first-order chi connectivity index (χ1) is 6.20. The summed E-state index contributed by atoms with van der Waals surface area (Å²) in [5.74, 6) is 1.27. The van der Waals surface area contributed by atoms with E-state index in [1.54, 1.807) is 18.9 Å². The van der Waals surface area contributed by atoms with Crippen molar-refractivity contribution >= 4 is 17.7 Å². The maximum Gasteiger partial charge on any atom is 0.315 e. The zero-order valence-corrected chi connectivity index (χ0v) is 9.36. The number of carbonyl (C=O) groups is 1. The van der Waals surface area contributed by atoms with Gasteiger partial charge in [-0.2, -0.15) is 11.8 Å². The molecule has 3 nitrogen and oxygen atoms in total. The Morgan fingerprint density at radius 3 is 2.77 bits per heavy atom. The van der Waals surface area contributed by atoms with Gasteiger partial charge < -0.3 is 9.47 Å². The molecule has 0 aromatic heterocycles. The standard InChI is InChI=1S/C9H18O3S/c1-4-13-7-9(10)12-6-5-8(2)11-3/h8H,4-7H2,1-3H3. The molecule has 0 bridgehead atoms. The first-order valence-corrected chi connectivity index (χ1v) is 5.62. The number of methoxy groups -OCH3 is 1. The van der Waals surface area contributed by atoms with Crippen molar-refractivity contribution in [1.29, 1.82) is 0 Å². The van der Waals surface area contributed by atoms with Gasteiger partial charge in [-0.15, -0.1) is 0 Å². The summed E-state index contributed by atoms with van der Waals surface area (Å²) in [7, 11) is 1.65. The van der Waals surface area contributed by atoms with Crippen LogP contribution in [-0.4, -0.2) is 37.3 Å². The molecule has 0 radical (unpaired) electrons. The fraction of sp³-hybridized carbons (Fsp3) is 0.889. The Labute approximate surface area is 84.2 Å². The van der Waals surface area contributed by atoms with Crippen molar-refractivity contribution in [3.8, 4) is 0 Å². The van der Waals surface area contributed by atoms with Crippen molar-refractivity contribution in [1.82, 2.24) is 0 Å². The highest BCUT2D eigenvalue weighted by Gasteiger charge is 2.04. The van der Waals surface area contributed by atoms with Crippen LogP contribution in [0, 0.1) is 0 Å². The third-order valence-corrected chi connectivity index (χ3v) is 2.46. The van der Waals surface area contributed by atoms with Crippen molar-refractivity contribution < 1.29 is 14.3 Å². The summed E-state index contributed by atoms with van der Waals surface area (Å²) < 4.78 is 9.99. The van der Waals surface area contributed by atoms with Crippen LogP contribution in [0.4, 0.5) is 0 Å². The van der Waals surface area contributed by atoms with Gasteiger partial charge in [-0.05, 0) is 12.7 Å². The van der Waals surface area contributed by atoms with E-state index in [-0.39, 0.29) is 12.1 Å². The molecule has 0 spiro atoms. The molecule has 0 aromatic carbocycles. The van der Waals surface area contributed by atoms with Crippen molar-refractivity contribution in [2.24, 2.45) is 0 Å². The van der Waals surface area contributed by atoms with Gasteiger partial charge in [0.2, 0.25) is 0 Å². The highest BCUT2D eigenvalue weighted by atomic mass is 32.2. The van der Waals surface area contributed by atoms with Crippen molar-refractivity contribution in [3.63, 3.8) is 0 Å². The number of thioether (sulfide) groups is 1. The summed E-state index contributed by atoms with van der Waals surface area (Å²) in [5, 5.41) is 0. The van der Waals surface area contributed by atoms with Crippen LogP contribution >= 0.6 is 11.8 Å². The van der Waals surface area contributed by atoms with Gasteiger partial charge in [0.05, 0.1) is 18.5 Å². The quantitative estimate of drug-likeness (QED) is 0.594. The lowest BCUT2D eigenvalue weighted by Gasteiger charge is -2.09. The highest BCUT2D eigenvalue weighted by molar-refractivity contribution is 7.99. The molecular weight excluding hydrogens is 188 g/mol. The molecule has 0 saturated carbocycles. The molecule has 1 unspecified atom stereocenters. The van der Waals surface area contributed by atoms with Crippen LogP contribution in [-0.2, 0) is 14.3 Å². The Hall–Kier alpha value is -0.220. The Morgan fingerprint density at radius 2 is 2.23 bits per heavy atom. The molecule has 1 atom stereocenters. The van der Waals surface area contributed by atoms with E-state index in [0.29, 0.717) is 12.4 Å². The first-order valence-electron chi connectivity index (χ1n) is 4.46. The van der Waals surface area contributed by atoms with Gasteiger partial charge >= 0.3 is 5.97 Å². The molecule has 4 heteroatoms. The van der Waals surface area contributed by atoms with Gasteiger partial charge in [0.1, 0.15) is 0 Å². The number of hydrogen-bond acceptors (Lipinski definition) is 4. The summed E-state index contributed by atoms with van der Waals surface area (Å²) >= 11 is 1.58. The zero-order valence-electron chi connectivity index (χ0n) is 8.54. The number of esters is 1. The average molecular weight is 206 g/mol. The Balaban J connectivity index is 3.26. The third-order valence-electron chi connectivity index (χ3n) is 1.61. The summed E-state index contributed by atoms with van der Waals surface area (Å²) in [4.78, 5) is 11.0. The molecule has 0 heterocycles. The second-order valence-electron chi connectivity index (χ2n) is 2.69. The number of ether oxygens (including phenoxy) is 2. The smallest absolute Gasteiger partial charge is 0.315 e. The monoisotopic (exact) mass is 206 g/mol. The first kappa shape index (κ1) is 12.8. The average Bonchev–Trinajstić information content (AvgIpc) is 2.14. The van der Waals surface area contributed by atoms with Crippen LogP contribution in [0.25, 0.3) is 0 Å². The predicted octanol–water partition coefficient (Wildman–Crippen LogP) is 1.71. The Kier molecular flexibility index (Phi) is 8.24. The molecule has 0 aliphatic heterocycles. The highest BCUT2D eigenvalue weighted by Crippen LogP contribution is 2.00. The van der Waals surface area contributed by atoms with Crippen LogP contribution in [0.2, 0.25) is 0 Å². The van der Waals surface area contributed by atoms with Crippen molar-refractivity contribution in [2.75, 3.05) is 25.2 Å². The van der Waals surface area contributed by atoms with Gasteiger partial charge in [0.25, 0.3) is 0 Å². The lowest BCUT2D eigenvalue weighted by Crippen LogP contribution is -2.13. The summed E-state index contributed by atoms with van der Waals surface area (Å²) in [6, 6.07) is 0. The summed E-state index contributed by atoms with van der Waals surface area (Å²) in [6.07, 6.45) is 0.922. The van der Waals surface area contributed by atoms with Crippen LogP contribution in [0.15, 0.2) is 0 Å². The van der Waals surface area contributed by atoms with E-state index in [9.17, 15) is 4.79 Å². The van der Waals surface area contributed by atoms with Gasteiger partial charge in [0, 0.05) is 13.5 Å². The molecule has 0 aliphatic carbocycles. The predicted molar refractivity (Wildman–Crippen MR) is 55.0 cm³/mol. The molecule has 0 amide bonds. The Morgan fingerprint density at radius 1 is 1.54 bits per heavy atom. The van der Waals surface area contributed by atoms with Crippen LogP contribution in [0.3, 0.4) is 0 Å². The number of hydrogen-bond donors (Lipinski definition) is 0. The van der Waals surface area contributed by atoms with Crippen LogP contribution in [0.1, 0.15) is 20.3 Å². The van der Waals surface area contributed by atoms with E-state index in [1.165, 1.54) is 0 Å². The van der Waals surface area contributed by atoms with E-state index in [2.05, 4.69) is 0 Å². The Bertz CT molecular complexity index is 139. The topological polar surface area (TPSA) is 35.5 Å². The lowest BCUT2D eigenvalue weighted by molar-refractivity contribution is -0.141. The molecule has 13 heavy (non-hydrogen) atoms. The van der Waals surface area contributed by atoms with Crippen LogP contribution in [0.5, 0.6) is 0 Å². The van der Waals surface area contributed by atoms with E-state index >= 15 is 0 Å². The minimum absolute atomic E-state index is 0.129. The van der Waals surface area contributed by atoms with Crippen molar-refractivity contribution in [3.05, 3.63) is 0 Å². The fourth-order valence-electron chi connectivity index (χ4n) is 0.684. The molecule has 0 saturated heterocycles. The van der Waals surface area contributed by atoms with E-state index in [4.69, 9.17) is 9.47 Å². The molecule has 0 aromatic rings. The number of carbonyl (C=O) groups excluding carboxylic acids is 1. The molecule has 0 N–H and O–H groups in total. The summed E-state index contributed by atoms with van der Waals surface area (Å²) in [5.41, 5.74) is 0. The molecule has 0 fully saturated rings. The van der Waals surface area contributed by atoms with Gasteiger partial charge in [-0.3, -0.25) is 4.79 Å². The van der Waals surface area contributed by atoms with Gasteiger partial charge in [-0.1, -0.05) is 6.92 Å². The maximum absolute atomic E-state index is 11.0. The molecule has 0 rings (SSSR count). The second-order valence-corrected chi connectivity index (χ2v) is 3.97. The molecule has 78 valence electrons. The SMILES string of the molecule is CCSCC(=O)OCCC(C)OC. The molecule has 0 aliphatic rings. The van der Waals surface area contributed by atoms with E-state index < -0.39 is 0 Å². The largest absolute Gasteiger partial charge is 0.465 e. The maximum atomic E-state index is 11.0. The van der Waals surface area contributed by atoms with Gasteiger partial charge in [-0.25, -0.2) is 0 Å². The second kappa shape index (κ2) is 8.38. The van der Waals surface area contributed by atoms with Gasteiger partial charge in [0.15, 0.2) is 0 Å². The number of rotatable bonds is 7. The lowest BCUT2D eigenvalue weighted by atomic mass is 10.3.